The molecule has 0 saturated heterocycles. The summed E-state index contributed by atoms with van der Waals surface area (Å²) in [5.74, 6) is 0. The quantitative estimate of drug-likeness (QED) is 0.423. The Morgan fingerprint density at radius 1 is 0.586 bits per heavy atom. The molecular formula is C29H36. The Balaban J connectivity index is 2.19. The van der Waals surface area contributed by atoms with Gasteiger partial charge in [-0.05, 0) is 63.9 Å². The minimum absolute atomic E-state index is 0.00290. The maximum atomic E-state index is 8.59. The van der Waals surface area contributed by atoms with Gasteiger partial charge in [-0.1, -0.05) is 114 Å². The molecule has 0 aromatic heterocycles. The zero-order valence-corrected chi connectivity index (χ0v) is 18.1. The molecule has 0 N–H and O–H groups in total. The second-order valence-electron chi connectivity index (χ2n) is 9.60. The lowest BCUT2D eigenvalue weighted by atomic mass is 9.86. The number of aryl methyl sites for hydroxylation is 1. The molecule has 0 saturated carbocycles. The number of hydrogen-bond acceptors (Lipinski definition) is 0. The summed E-state index contributed by atoms with van der Waals surface area (Å²) in [4.78, 5) is 0. The van der Waals surface area contributed by atoms with Crippen molar-refractivity contribution in [3.63, 3.8) is 0 Å². The van der Waals surface area contributed by atoms with Crippen LogP contribution in [0.2, 0.25) is 0 Å². The van der Waals surface area contributed by atoms with Crippen molar-refractivity contribution in [3.05, 3.63) is 105 Å². The largest absolute Gasteiger partial charge is 0.0626 e. The topological polar surface area (TPSA) is 0 Å². The maximum Gasteiger partial charge on any atom is 0.0626 e. The first-order valence-electron chi connectivity index (χ1n) is 15.4. The van der Waals surface area contributed by atoms with E-state index < -0.39 is 17.7 Å². The minimum atomic E-state index is -2.49. The molecule has 0 aliphatic carbocycles. The highest BCUT2D eigenvalue weighted by molar-refractivity contribution is 5.38. The van der Waals surface area contributed by atoms with Crippen molar-refractivity contribution < 1.29 is 15.1 Å². The van der Waals surface area contributed by atoms with Gasteiger partial charge in [-0.15, -0.1) is 0 Å². The Morgan fingerprint density at radius 2 is 0.966 bits per heavy atom. The van der Waals surface area contributed by atoms with Crippen molar-refractivity contribution in [2.24, 2.45) is 0 Å². The Labute approximate surface area is 193 Å². The summed E-state index contributed by atoms with van der Waals surface area (Å²) in [6, 6.07) is 3.37. The third-order valence-corrected chi connectivity index (χ3v) is 4.67. The van der Waals surface area contributed by atoms with E-state index in [0.29, 0.717) is 22.3 Å². The molecule has 0 aliphatic rings. The van der Waals surface area contributed by atoms with Crippen LogP contribution in [0.15, 0.2) is 66.5 Å². The van der Waals surface area contributed by atoms with E-state index in [0.717, 1.165) is 0 Å². The second kappa shape index (κ2) is 8.19. The molecule has 3 aromatic carbocycles. The molecule has 0 spiro atoms. The zero-order chi connectivity index (χ0) is 30.7. The Morgan fingerprint density at radius 3 is 1.28 bits per heavy atom. The molecule has 3 aromatic rings. The van der Waals surface area contributed by atoms with Crippen LogP contribution in [-0.4, -0.2) is 0 Å². The smallest absolute Gasteiger partial charge is 0.0584 e. The number of benzene rings is 3. The molecule has 0 amide bonds. The van der Waals surface area contributed by atoms with Gasteiger partial charge < -0.3 is 0 Å². The van der Waals surface area contributed by atoms with Gasteiger partial charge in [0.1, 0.15) is 0 Å². The lowest BCUT2D eigenvalue weighted by molar-refractivity contribution is 0.590. The Bertz CT molecular complexity index is 1310. The standard InChI is InChI=1S/C29H36/c1-21-16-24(18-22-8-12-26(13-9-22)28(2,3)4)20-25(17-21)19-23-10-14-27(15-11-23)29(5,6)7/h8-17,20H,18-19H2,1-7H3/i1D3,8D,9D,10D,11D,12D,13D,14D,15D. The van der Waals surface area contributed by atoms with Gasteiger partial charge in [0, 0.05) is 4.11 Å². The highest BCUT2D eigenvalue weighted by atomic mass is 14.2. The predicted octanol–water partition coefficient (Wildman–Crippen LogP) is 7.77. The van der Waals surface area contributed by atoms with E-state index in [1.165, 1.54) is 12.1 Å². The molecule has 0 fully saturated rings. The lowest BCUT2D eigenvalue weighted by Gasteiger charge is -2.19. The lowest BCUT2D eigenvalue weighted by Crippen LogP contribution is -2.10. The van der Waals surface area contributed by atoms with Gasteiger partial charge >= 0.3 is 0 Å². The van der Waals surface area contributed by atoms with Crippen molar-refractivity contribution >= 4 is 0 Å². The van der Waals surface area contributed by atoms with Crippen LogP contribution < -0.4 is 0 Å². The van der Waals surface area contributed by atoms with Gasteiger partial charge in [0.15, 0.2) is 0 Å². The molecule has 0 aliphatic heterocycles. The van der Waals surface area contributed by atoms with E-state index in [4.69, 9.17) is 15.1 Å². The molecule has 0 heterocycles. The van der Waals surface area contributed by atoms with Gasteiger partial charge in [-0.3, -0.25) is 0 Å². The van der Waals surface area contributed by atoms with Crippen LogP contribution in [0, 0.1) is 6.85 Å². The van der Waals surface area contributed by atoms with E-state index in [2.05, 4.69) is 0 Å². The van der Waals surface area contributed by atoms with Crippen LogP contribution in [-0.2, 0) is 23.7 Å². The van der Waals surface area contributed by atoms with Crippen LogP contribution in [0.3, 0.4) is 0 Å². The van der Waals surface area contributed by atoms with Gasteiger partial charge in [0.25, 0.3) is 0 Å². The summed E-state index contributed by atoms with van der Waals surface area (Å²) in [6.45, 7) is 8.45. The molecule has 152 valence electrons. The summed E-state index contributed by atoms with van der Waals surface area (Å²) in [7, 11) is 0. The number of rotatable bonds is 4. The summed E-state index contributed by atoms with van der Waals surface area (Å²) >= 11 is 0. The van der Waals surface area contributed by atoms with E-state index in [9.17, 15) is 0 Å². The van der Waals surface area contributed by atoms with E-state index in [-0.39, 0.29) is 77.9 Å². The average Bonchev–Trinajstić information content (AvgIpc) is 2.80. The SMILES string of the molecule is [2H]c1c([2H])c(C(C)(C)C)c([2H])c([2H])c1Cc1cc(Cc2c([2H])c([2H])c(C(C)(C)C)c([2H])c2[2H])cc(C([2H])([2H])[2H])c1. The molecule has 3 rings (SSSR count). The van der Waals surface area contributed by atoms with Gasteiger partial charge in [-0.25, -0.2) is 0 Å². The molecule has 0 bridgehead atoms. The summed E-state index contributed by atoms with van der Waals surface area (Å²) in [6.07, 6.45) is -0.0941. The number of hydrogen-bond donors (Lipinski definition) is 0. The molecule has 0 heteroatoms. The summed E-state index contributed by atoms with van der Waals surface area (Å²) in [5.41, 5.74) is 0.614. The van der Waals surface area contributed by atoms with Gasteiger partial charge in [0.05, 0.1) is 11.0 Å². The molecule has 0 radical (unpaired) electrons. The van der Waals surface area contributed by atoms with Gasteiger partial charge in [-0.2, -0.15) is 0 Å². The zero-order valence-electron chi connectivity index (χ0n) is 29.1. The second-order valence-corrected chi connectivity index (χ2v) is 9.60. The van der Waals surface area contributed by atoms with E-state index >= 15 is 0 Å². The molecule has 0 nitrogen and oxygen atoms in total. The van der Waals surface area contributed by atoms with E-state index in [1.54, 1.807) is 6.07 Å². The van der Waals surface area contributed by atoms with E-state index in [1.807, 2.05) is 41.5 Å². The molecule has 29 heavy (non-hydrogen) atoms. The molecule has 0 unspecified atom stereocenters. The normalized spacial score (nSPS) is 18.1. The third-order valence-electron chi connectivity index (χ3n) is 4.67. The van der Waals surface area contributed by atoms with Crippen molar-refractivity contribution in [2.45, 2.75) is 72.1 Å². The highest BCUT2D eigenvalue weighted by Crippen LogP contribution is 2.25. The van der Waals surface area contributed by atoms with Crippen molar-refractivity contribution in [3.8, 4) is 0 Å². The summed E-state index contributed by atoms with van der Waals surface area (Å²) in [5, 5.41) is 0. The van der Waals surface area contributed by atoms with Crippen molar-refractivity contribution in [1.82, 2.24) is 0 Å². The Kier molecular flexibility index (Phi) is 3.15. The molecule has 0 atom stereocenters. The monoisotopic (exact) mass is 395 g/mol. The van der Waals surface area contributed by atoms with Crippen LogP contribution in [0.4, 0.5) is 0 Å². The van der Waals surface area contributed by atoms with Gasteiger partial charge in [0.2, 0.25) is 0 Å². The summed E-state index contributed by atoms with van der Waals surface area (Å²) < 4.78 is 92.4. The van der Waals surface area contributed by atoms with Crippen LogP contribution in [0.5, 0.6) is 0 Å². The minimum Gasteiger partial charge on any atom is -0.0584 e. The maximum absolute atomic E-state index is 8.59. The van der Waals surface area contributed by atoms with Crippen LogP contribution in [0.25, 0.3) is 0 Å². The van der Waals surface area contributed by atoms with Crippen molar-refractivity contribution in [2.75, 3.05) is 0 Å². The third kappa shape index (κ3) is 5.82. The first-order chi connectivity index (χ1) is 18.1. The fourth-order valence-corrected chi connectivity index (χ4v) is 2.98. The highest BCUT2D eigenvalue weighted by Gasteiger charge is 2.14. The van der Waals surface area contributed by atoms with Crippen LogP contribution >= 0.6 is 0 Å². The average molecular weight is 396 g/mol. The van der Waals surface area contributed by atoms with Crippen LogP contribution in [0.1, 0.15) is 95.6 Å². The first kappa shape index (κ1) is 11.2. The fraction of sp³-hybridized carbons (Fsp3) is 0.379. The van der Waals surface area contributed by atoms with Crippen molar-refractivity contribution in [1.29, 1.82) is 0 Å². The first-order valence-corrected chi connectivity index (χ1v) is 9.90. The fourth-order valence-electron chi connectivity index (χ4n) is 2.98. The Hall–Kier alpha value is -2.34. The predicted molar refractivity (Wildman–Crippen MR) is 127 cm³/mol. The molecular weight excluding hydrogens is 348 g/mol.